The summed E-state index contributed by atoms with van der Waals surface area (Å²) in [5.41, 5.74) is 4.54. The highest BCUT2D eigenvalue weighted by atomic mass is 14.2. The highest BCUT2D eigenvalue weighted by Gasteiger charge is 2.02. The van der Waals surface area contributed by atoms with Crippen molar-refractivity contribution >= 4 is 0 Å². The Bertz CT molecular complexity index is 625. The molecule has 0 aromatic heterocycles. The third kappa shape index (κ3) is 2.17. The second-order valence-electron chi connectivity index (χ2n) is 3.83. The Balaban J connectivity index is 2.47. The molecule has 0 bridgehead atoms. The van der Waals surface area contributed by atoms with Crippen molar-refractivity contribution in [3.8, 4) is 23.3 Å². The van der Waals surface area contributed by atoms with Crippen molar-refractivity contribution in [2.45, 2.75) is 6.92 Å². The molecule has 0 fully saturated rings. The van der Waals surface area contributed by atoms with Crippen LogP contribution in [0.3, 0.4) is 0 Å². The third-order valence-corrected chi connectivity index (χ3v) is 2.68. The minimum absolute atomic E-state index is 0.653. The summed E-state index contributed by atoms with van der Waals surface area (Å²) in [6.45, 7) is 1.98. The zero-order chi connectivity index (χ0) is 12.3. The second kappa shape index (κ2) is 4.51. The number of hydrogen-bond acceptors (Lipinski definition) is 2. The molecule has 2 nitrogen and oxygen atoms in total. The minimum atomic E-state index is 0.653. The molecule has 0 spiro atoms. The van der Waals surface area contributed by atoms with E-state index < -0.39 is 0 Å². The topological polar surface area (TPSA) is 47.6 Å². The summed E-state index contributed by atoms with van der Waals surface area (Å²) in [6, 6.07) is 17.3. The van der Waals surface area contributed by atoms with Crippen molar-refractivity contribution in [2.24, 2.45) is 0 Å². The van der Waals surface area contributed by atoms with Crippen LogP contribution in [-0.2, 0) is 0 Å². The number of hydrogen-bond donors (Lipinski definition) is 0. The van der Waals surface area contributed by atoms with E-state index in [0.717, 1.165) is 16.7 Å². The van der Waals surface area contributed by atoms with Crippen molar-refractivity contribution in [2.75, 3.05) is 0 Å². The standard InChI is InChI=1S/C15H10N2/c1-11-8-13(10-17)4-7-15(11)14-5-2-12(9-16)3-6-14/h2-8H,1H3. The number of nitriles is 2. The largest absolute Gasteiger partial charge is 0.192 e. The quantitative estimate of drug-likeness (QED) is 0.736. The molecule has 0 unspecified atom stereocenters. The van der Waals surface area contributed by atoms with E-state index >= 15 is 0 Å². The smallest absolute Gasteiger partial charge is 0.0991 e. The summed E-state index contributed by atoms with van der Waals surface area (Å²) in [4.78, 5) is 0. The zero-order valence-electron chi connectivity index (χ0n) is 9.44. The molecule has 0 N–H and O–H groups in total. The van der Waals surface area contributed by atoms with E-state index in [2.05, 4.69) is 12.1 Å². The van der Waals surface area contributed by atoms with Gasteiger partial charge in [0.1, 0.15) is 0 Å². The molecule has 2 rings (SSSR count). The maximum absolute atomic E-state index is 8.81. The molecule has 0 saturated carbocycles. The Morgan fingerprint density at radius 3 is 1.94 bits per heavy atom. The van der Waals surface area contributed by atoms with Gasteiger partial charge in [-0.05, 0) is 47.9 Å². The first-order chi connectivity index (χ1) is 8.24. The molecule has 2 heteroatoms. The van der Waals surface area contributed by atoms with E-state index in [1.165, 1.54) is 0 Å². The molecule has 0 amide bonds. The van der Waals surface area contributed by atoms with Crippen LogP contribution in [0.1, 0.15) is 16.7 Å². The SMILES string of the molecule is Cc1cc(C#N)ccc1-c1ccc(C#N)cc1. The average Bonchev–Trinajstić information content (AvgIpc) is 2.39. The lowest BCUT2D eigenvalue weighted by Crippen LogP contribution is -1.85. The zero-order valence-corrected chi connectivity index (χ0v) is 9.44. The normalized spacial score (nSPS) is 9.35. The molecule has 17 heavy (non-hydrogen) atoms. The van der Waals surface area contributed by atoms with E-state index in [-0.39, 0.29) is 0 Å². The molecular formula is C15H10N2. The number of nitrogens with zero attached hydrogens (tertiary/aromatic N) is 2. The van der Waals surface area contributed by atoms with Crippen molar-refractivity contribution in [1.82, 2.24) is 0 Å². The van der Waals surface area contributed by atoms with Crippen LogP contribution in [0.25, 0.3) is 11.1 Å². The van der Waals surface area contributed by atoms with Gasteiger partial charge in [0.25, 0.3) is 0 Å². The van der Waals surface area contributed by atoms with E-state index in [4.69, 9.17) is 10.5 Å². The van der Waals surface area contributed by atoms with E-state index in [1.807, 2.05) is 31.2 Å². The monoisotopic (exact) mass is 218 g/mol. The van der Waals surface area contributed by atoms with Gasteiger partial charge < -0.3 is 0 Å². The molecule has 2 aromatic rings. The van der Waals surface area contributed by atoms with E-state index in [1.54, 1.807) is 18.2 Å². The van der Waals surface area contributed by atoms with Gasteiger partial charge in [-0.2, -0.15) is 10.5 Å². The van der Waals surface area contributed by atoms with Crippen LogP contribution >= 0.6 is 0 Å². The van der Waals surface area contributed by atoms with Crippen molar-refractivity contribution in [3.05, 3.63) is 59.2 Å². The van der Waals surface area contributed by atoms with Crippen LogP contribution in [-0.4, -0.2) is 0 Å². The van der Waals surface area contributed by atoms with Crippen molar-refractivity contribution in [3.63, 3.8) is 0 Å². The van der Waals surface area contributed by atoms with Gasteiger partial charge in [0.15, 0.2) is 0 Å². The lowest BCUT2D eigenvalue weighted by atomic mass is 9.98. The Kier molecular flexibility index (Phi) is 2.90. The summed E-state index contributed by atoms with van der Waals surface area (Å²) >= 11 is 0. The summed E-state index contributed by atoms with van der Waals surface area (Å²) < 4.78 is 0. The van der Waals surface area contributed by atoms with Crippen LogP contribution in [0.4, 0.5) is 0 Å². The Hall–Kier alpha value is -2.58. The van der Waals surface area contributed by atoms with Gasteiger partial charge in [0.2, 0.25) is 0 Å². The number of aryl methyl sites for hydroxylation is 1. The molecule has 80 valence electrons. The molecule has 2 aromatic carbocycles. The van der Waals surface area contributed by atoms with E-state index in [0.29, 0.717) is 11.1 Å². The molecule has 0 aliphatic heterocycles. The third-order valence-electron chi connectivity index (χ3n) is 2.68. The van der Waals surface area contributed by atoms with Crippen LogP contribution in [0.2, 0.25) is 0 Å². The predicted octanol–water partition coefficient (Wildman–Crippen LogP) is 3.41. The Labute approximate surface area is 100 Å². The molecular weight excluding hydrogens is 208 g/mol. The maximum Gasteiger partial charge on any atom is 0.0991 e. The lowest BCUT2D eigenvalue weighted by molar-refractivity contribution is 1.41. The highest BCUT2D eigenvalue weighted by Crippen LogP contribution is 2.24. The first-order valence-corrected chi connectivity index (χ1v) is 5.26. The van der Waals surface area contributed by atoms with Crippen molar-refractivity contribution in [1.29, 1.82) is 10.5 Å². The molecule has 0 aliphatic carbocycles. The summed E-state index contributed by atoms with van der Waals surface area (Å²) in [5.74, 6) is 0. The molecule has 0 heterocycles. The first kappa shape index (κ1) is 10.9. The Morgan fingerprint density at radius 1 is 0.824 bits per heavy atom. The summed E-state index contributed by atoms with van der Waals surface area (Å²) in [6.07, 6.45) is 0. The fourth-order valence-corrected chi connectivity index (χ4v) is 1.78. The van der Waals surface area contributed by atoms with E-state index in [9.17, 15) is 0 Å². The van der Waals surface area contributed by atoms with Gasteiger partial charge in [-0.3, -0.25) is 0 Å². The second-order valence-corrected chi connectivity index (χ2v) is 3.83. The summed E-state index contributed by atoms with van der Waals surface area (Å²) in [5, 5.41) is 17.5. The maximum atomic E-state index is 8.81. The van der Waals surface area contributed by atoms with Crippen LogP contribution in [0, 0.1) is 29.6 Å². The first-order valence-electron chi connectivity index (χ1n) is 5.26. The minimum Gasteiger partial charge on any atom is -0.192 e. The van der Waals surface area contributed by atoms with Gasteiger partial charge in [0.05, 0.1) is 23.3 Å². The van der Waals surface area contributed by atoms with Crippen molar-refractivity contribution < 1.29 is 0 Å². The highest BCUT2D eigenvalue weighted by molar-refractivity contribution is 5.68. The number of benzene rings is 2. The van der Waals surface area contributed by atoms with Gasteiger partial charge in [-0.15, -0.1) is 0 Å². The van der Waals surface area contributed by atoms with Gasteiger partial charge in [-0.1, -0.05) is 18.2 Å². The molecule has 0 radical (unpaired) electrons. The fourth-order valence-electron chi connectivity index (χ4n) is 1.78. The summed E-state index contributed by atoms with van der Waals surface area (Å²) in [7, 11) is 0. The van der Waals surface area contributed by atoms with Crippen LogP contribution in [0.5, 0.6) is 0 Å². The van der Waals surface area contributed by atoms with Gasteiger partial charge in [0, 0.05) is 0 Å². The number of rotatable bonds is 1. The van der Waals surface area contributed by atoms with Gasteiger partial charge >= 0.3 is 0 Å². The van der Waals surface area contributed by atoms with Gasteiger partial charge in [-0.25, -0.2) is 0 Å². The Morgan fingerprint density at radius 2 is 1.41 bits per heavy atom. The van der Waals surface area contributed by atoms with Crippen LogP contribution < -0.4 is 0 Å². The molecule has 0 aliphatic rings. The molecule has 0 atom stereocenters. The molecule has 0 saturated heterocycles. The fraction of sp³-hybridized carbons (Fsp3) is 0.0667. The lowest BCUT2D eigenvalue weighted by Gasteiger charge is -2.06. The van der Waals surface area contributed by atoms with Crippen LogP contribution in [0.15, 0.2) is 42.5 Å². The predicted molar refractivity (Wildman–Crippen MR) is 66.0 cm³/mol. The average molecular weight is 218 g/mol.